The normalized spacial score (nSPS) is 17.5. The third kappa shape index (κ3) is 8.51. The largest absolute Gasteiger partial charge is 0.454 e. The molecule has 8 aromatic carbocycles. The molecule has 418 valence electrons. The SMILES string of the molecule is Cc1cc2c3c(c1)N(c1ccc(C(C)(C)C)c4c1oc1ccccc14)c1cc(N(c4ccc(C(C)(C)C)cc4)c4ccc(C(C)(C)C)cc4)ccc1B3c1cc3c(cc1N2c1ccc2c(c1)C(C)(C)CCC2(C)C)C(C)(C)CCC3(C)C. The van der Waals surface area contributed by atoms with Crippen molar-refractivity contribution in [1.82, 2.24) is 0 Å². The van der Waals surface area contributed by atoms with Crippen molar-refractivity contribution >= 4 is 96.2 Å². The molecule has 2 aliphatic carbocycles. The van der Waals surface area contributed by atoms with Crippen molar-refractivity contribution in [2.45, 2.75) is 188 Å². The summed E-state index contributed by atoms with van der Waals surface area (Å²) in [6.45, 7) is 42.8. The Kier molecular flexibility index (Phi) is 11.9. The molecule has 5 heteroatoms. The van der Waals surface area contributed by atoms with E-state index in [0.717, 1.165) is 64.3 Å². The Morgan fingerprint density at radius 2 is 0.951 bits per heavy atom. The van der Waals surface area contributed by atoms with Gasteiger partial charge in [-0.15, -0.1) is 0 Å². The summed E-state index contributed by atoms with van der Waals surface area (Å²) in [6, 6.07) is 57.3. The fourth-order valence-corrected chi connectivity index (χ4v) is 14.9. The molecular weight excluding hydrogens is 994 g/mol. The number of hydrogen-bond acceptors (Lipinski definition) is 4. The lowest BCUT2D eigenvalue weighted by molar-refractivity contribution is 0.332. The van der Waals surface area contributed by atoms with Gasteiger partial charge in [-0.3, -0.25) is 0 Å². The Morgan fingerprint density at radius 3 is 1.52 bits per heavy atom. The maximum absolute atomic E-state index is 7.30. The van der Waals surface area contributed by atoms with E-state index in [4.69, 9.17) is 4.42 Å². The van der Waals surface area contributed by atoms with Gasteiger partial charge in [0.1, 0.15) is 5.58 Å². The monoisotopic (exact) mass is 1080 g/mol. The van der Waals surface area contributed by atoms with Crippen LogP contribution in [0.25, 0.3) is 21.9 Å². The zero-order valence-corrected chi connectivity index (χ0v) is 52.5. The minimum absolute atomic E-state index is 0.00316. The van der Waals surface area contributed by atoms with Crippen LogP contribution in [0.15, 0.2) is 150 Å². The van der Waals surface area contributed by atoms with Crippen LogP contribution in [0.3, 0.4) is 0 Å². The van der Waals surface area contributed by atoms with Crippen LogP contribution in [0, 0.1) is 6.92 Å². The van der Waals surface area contributed by atoms with Crippen molar-refractivity contribution in [3.05, 3.63) is 190 Å². The van der Waals surface area contributed by atoms with E-state index in [0.29, 0.717) is 0 Å². The van der Waals surface area contributed by atoms with Crippen LogP contribution in [0.4, 0.5) is 51.2 Å². The quantitative estimate of drug-likeness (QED) is 0.160. The predicted molar refractivity (Wildman–Crippen MR) is 354 cm³/mol. The van der Waals surface area contributed by atoms with Gasteiger partial charge < -0.3 is 19.1 Å². The van der Waals surface area contributed by atoms with Crippen LogP contribution < -0.4 is 31.1 Å². The number of rotatable bonds is 5. The summed E-state index contributed by atoms with van der Waals surface area (Å²) in [5, 5.41) is 2.33. The number of fused-ring (bicyclic) bond motifs is 9. The number of anilines is 9. The fourth-order valence-electron chi connectivity index (χ4n) is 14.9. The standard InChI is InChI=1S/C77H86BN3O/c1-47-41-65-69-66(42-47)81(62-36-34-56(73(8,9)10)68-54-21-19-20-22-67(54)82-70(62)68)63-44-53(79(50-27-23-48(24-28-50)71(2,3)4)51-29-25-49(26-30-51)72(5,6)7)32-35-60(63)78(69)61-45-58-59(77(17,18)40-39-76(58,15)16)46-64(61)80(65)52-31-33-55-57(43-52)75(13,14)38-37-74(55,11)12/h19-36,41-46H,37-40H2,1-18H3. The highest BCUT2D eigenvalue weighted by atomic mass is 16.3. The summed E-state index contributed by atoms with van der Waals surface area (Å²) in [7, 11) is 0. The number of benzene rings is 8. The third-order valence-corrected chi connectivity index (χ3v) is 20.1. The van der Waals surface area contributed by atoms with Crippen LogP contribution in [-0.2, 0) is 37.9 Å². The van der Waals surface area contributed by atoms with Crippen molar-refractivity contribution in [1.29, 1.82) is 0 Å². The van der Waals surface area contributed by atoms with Crippen LogP contribution in [0.1, 0.15) is 188 Å². The molecule has 3 heterocycles. The Balaban J connectivity index is 1.14. The van der Waals surface area contributed by atoms with Crippen LogP contribution in [0.2, 0.25) is 0 Å². The van der Waals surface area contributed by atoms with E-state index in [9.17, 15) is 0 Å². The third-order valence-electron chi connectivity index (χ3n) is 20.1. The van der Waals surface area contributed by atoms with Crippen molar-refractivity contribution < 1.29 is 4.42 Å². The van der Waals surface area contributed by atoms with Crippen LogP contribution >= 0.6 is 0 Å². The summed E-state index contributed by atoms with van der Waals surface area (Å²) in [5.41, 5.74) is 27.4. The van der Waals surface area contributed by atoms with E-state index in [1.165, 1.54) is 95.5 Å². The summed E-state index contributed by atoms with van der Waals surface area (Å²) in [6.07, 6.45) is 4.63. The predicted octanol–water partition coefficient (Wildman–Crippen LogP) is 20.0. The average Bonchev–Trinajstić information content (AvgIpc) is 3.23. The summed E-state index contributed by atoms with van der Waals surface area (Å²) >= 11 is 0. The summed E-state index contributed by atoms with van der Waals surface area (Å²) in [5.74, 6) is 0. The molecule has 1 aromatic heterocycles. The summed E-state index contributed by atoms with van der Waals surface area (Å²) < 4.78 is 7.30. The van der Waals surface area contributed by atoms with Gasteiger partial charge in [-0.2, -0.15) is 0 Å². The molecular formula is C77H86BN3O. The maximum Gasteiger partial charge on any atom is 0.252 e. The summed E-state index contributed by atoms with van der Waals surface area (Å²) in [4.78, 5) is 7.77. The van der Waals surface area contributed by atoms with E-state index in [1.807, 2.05) is 0 Å². The highest BCUT2D eigenvalue weighted by Gasteiger charge is 2.48. The molecule has 0 radical (unpaired) electrons. The first-order chi connectivity index (χ1) is 38.4. The second kappa shape index (κ2) is 18.0. The molecule has 0 spiro atoms. The van der Waals surface area contributed by atoms with Crippen molar-refractivity contribution in [3.8, 4) is 0 Å². The molecule has 0 N–H and O–H groups in total. The number of para-hydroxylation sites is 1. The Hall–Kier alpha value is -6.98. The van der Waals surface area contributed by atoms with Gasteiger partial charge in [-0.05, 0) is 210 Å². The molecule has 4 nitrogen and oxygen atoms in total. The number of furan rings is 1. The van der Waals surface area contributed by atoms with Gasteiger partial charge in [0.25, 0.3) is 6.71 Å². The first-order valence-corrected chi connectivity index (χ1v) is 30.6. The van der Waals surface area contributed by atoms with Gasteiger partial charge in [-0.1, -0.05) is 184 Å². The average molecular weight is 1080 g/mol. The second-order valence-corrected chi connectivity index (χ2v) is 30.9. The van der Waals surface area contributed by atoms with E-state index >= 15 is 0 Å². The Bertz CT molecular complexity index is 4010. The van der Waals surface area contributed by atoms with E-state index < -0.39 is 0 Å². The molecule has 0 fully saturated rings. The molecule has 0 bridgehead atoms. The zero-order chi connectivity index (χ0) is 58.2. The molecule has 2 aliphatic heterocycles. The van der Waals surface area contributed by atoms with Gasteiger partial charge in [0.05, 0.1) is 5.69 Å². The number of hydrogen-bond donors (Lipinski definition) is 0. The lowest BCUT2D eigenvalue weighted by atomic mass is 9.33. The molecule has 13 rings (SSSR count). The second-order valence-electron chi connectivity index (χ2n) is 30.9. The number of nitrogens with zero attached hydrogens (tertiary/aromatic N) is 3. The molecule has 0 atom stereocenters. The molecule has 0 saturated carbocycles. The Labute approximate surface area is 491 Å². The number of aryl methyl sites for hydroxylation is 1. The van der Waals surface area contributed by atoms with Gasteiger partial charge >= 0.3 is 0 Å². The first-order valence-electron chi connectivity index (χ1n) is 30.6. The van der Waals surface area contributed by atoms with Crippen molar-refractivity contribution in [3.63, 3.8) is 0 Å². The van der Waals surface area contributed by atoms with Gasteiger partial charge in [0.2, 0.25) is 0 Å². The van der Waals surface area contributed by atoms with Crippen molar-refractivity contribution in [2.24, 2.45) is 0 Å². The zero-order valence-electron chi connectivity index (χ0n) is 52.5. The minimum atomic E-state index is -0.139. The molecule has 9 aromatic rings. The van der Waals surface area contributed by atoms with Gasteiger partial charge in [0.15, 0.2) is 5.58 Å². The van der Waals surface area contributed by atoms with Crippen LogP contribution in [-0.4, -0.2) is 6.71 Å². The molecule has 82 heavy (non-hydrogen) atoms. The highest BCUT2D eigenvalue weighted by molar-refractivity contribution is 7.00. The fraction of sp³-hybridized carbons (Fsp3) is 0.377. The maximum atomic E-state index is 7.30. The lowest BCUT2D eigenvalue weighted by Crippen LogP contribution is -2.62. The molecule has 0 amide bonds. The lowest BCUT2D eigenvalue weighted by Gasteiger charge is -2.48. The minimum Gasteiger partial charge on any atom is -0.454 e. The molecule has 0 saturated heterocycles. The molecule has 0 unspecified atom stereocenters. The highest BCUT2D eigenvalue weighted by Crippen LogP contribution is 2.55. The van der Waals surface area contributed by atoms with E-state index in [1.54, 1.807) is 0 Å². The smallest absolute Gasteiger partial charge is 0.252 e. The van der Waals surface area contributed by atoms with E-state index in [2.05, 4.69) is 285 Å². The van der Waals surface area contributed by atoms with E-state index in [-0.39, 0.29) is 44.6 Å². The van der Waals surface area contributed by atoms with Crippen LogP contribution in [0.5, 0.6) is 0 Å². The Morgan fingerprint density at radius 1 is 0.439 bits per heavy atom. The van der Waals surface area contributed by atoms with Gasteiger partial charge in [-0.25, -0.2) is 0 Å². The first kappa shape index (κ1) is 54.3. The molecule has 4 aliphatic rings. The van der Waals surface area contributed by atoms with Crippen molar-refractivity contribution in [2.75, 3.05) is 14.7 Å². The van der Waals surface area contributed by atoms with Gasteiger partial charge in [0, 0.05) is 56.3 Å². The topological polar surface area (TPSA) is 22.9 Å².